The van der Waals surface area contributed by atoms with Gasteiger partial charge in [-0.1, -0.05) is 24.6 Å². The van der Waals surface area contributed by atoms with Crippen molar-refractivity contribution < 1.29 is 0 Å². The molecule has 0 spiro atoms. The Morgan fingerprint density at radius 3 is 2.83 bits per heavy atom. The summed E-state index contributed by atoms with van der Waals surface area (Å²) in [5.74, 6) is 0. The van der Waals surface area contributed by atoms with Crippen LogP contribution in [0.2, 0.25) is 0 Å². The molecular weight excluding hydrogens is 252 g/mol. The highest BCUT2D eigenvalue weighted by Gasteiger charge is 2.26. The lowest BCUT2D eigenvalue weighted by Crippen LogP contribution is -2.39. The zero-order valence-corrected chi connectivity index (χ0v) is 11.4. The Labute approximate surface area is 109 Å². The normalized spacial score (nSPS) is 24.1. The van der Waals surface area contributed by atoms with E-state index in [0.29, 0.717) is 16.4 Å². The topological polar surface area (TPSA) is 79.8 Å². The number of aryl methyl sites for hydroxylation is 1. The zero-order valence-electron chi connectivity index (χ0n) is 10.6. The van der Waals surface area contributed by atoms with Gasteiger partial charge in [-0.25, -0.2) is 0 Å². The third-order valence-electron chi connectivity index (χ3n) is 3.28. The highest BCUT2D eigenvalue weighted by Crippen LogP contribution is 2.31. The van der Waals surface area contributed by atoms with E-state index in [-0.39, 0.29) is 0 Å². The number of H-pyrrole nitrogens is 1. The van der Waals surface area contributed by atoms with Gasteiger partial charge < -0.3 is 5.32 Å². The van der Waals surface area contributed by atoms with Crippen LogP contribution in [0.4, 0.5) is 0 Å². The van der Waals surface area contributed by atoms with E-state index in [9.17, 15) is 9.59 Å². The molecule has 0 radical (unpaired) electrons. The van der Waals surface area contributed by atoms with Crippen LogP contribution in [0, 0.1) is 0 Å². The van der Waals surface area contributed by atoms with Gasteiger partial charge >= 0.3 is 11.1 Å². The molecule has 7 heteroatoms. The lowest BCUT2D eigenvalue weighted by atomic mass is 9.95. The van der Waals surface area contributed by atoms with Crippen molar-refractivity contribution in [3.63, 3.8) is 0 Å². The van der Waals surface area contributed by atoms with E-state index in [1.165, 1.54) is 17.5 Å². The first-order chi connectivity index (χ1) is 8.61. The number of thioether (sulfide) groups is 1. The van der Waals surface area contributed by atoms with Crippen LogP contribution in [0.3, 0.4) is 0 Å². The molecule has 1 fully saturated rings. The second-order valence-corrected chi connectivity index (χ2v) is 5.74. The number of aromatic nitrogens is 3. The molecule has 0 amide bonds. The highest BCUT2D eigenvalue weighted by molar-refractivity contribution is 7.99. The minimum Gasteiger partial charge on any atom is -0.316 e. The summed E-state index contributed by atoms with van der Waals surface area (Å²) in [5, 5.41) is 6.76. The summed E-state index contributed by atoms with van der Waals surface area (Å²) in [5.41, 5.74) is -1.39. The lowest BCUT2D eigenvalue weighted by molar-refractivity contribution is 0.404. The minimum absolute atomic E-state index is 0.396. The van der Waals surface area contributed by atoms with Crippen LogP contribution in [-0.2, 0) is 7.05 Å². The number of rotatable bonds is 3. The van der Waals surface area contributed by atoms with Crippen LogP contribution >= 0.6 is 11.8 Å². The predicted molar refractivity (Wildman–Crippen MR) is 71.1 cm³/mol. The molecule has 1 aromatic heterocycles. The van der Waals surface area contributed by atoms with Crippen LogP contribution in [0.25, 0.3) is 0 Å². The van der Waals surface area contributed by atoms with Crippen molar-refractivity contribution in [2.24, 2.45) is 7.05 Å². The molecule has 6 nitrogen and oxygen atoms in total. The van der Waals surface area contributed by atoms with Crippen LogP contribution in [0.1, 0.15) is 25.7 Å². The van der Waals surface area contributed by atoms with Gasteiger partial charge in [-0.2, -0.15) is 4.98 Å². The smallest absolute Gasteiger partial charge is 0.316 e. The Hall–Kier alpha value is -1.08. The van der Waals surface area contributed by atoms with Crippen molar-refractivity contribution >= 4 is 11.8 Å². The average molecular weight is 270 g/mol. The van der Waals surface area contributed by atoms with E-state index in [1.54, 1.807) is 18.8 Å². The Kier molecular flexibility index (Phi) is 4.23. The quantitative estimate of drug-likeness (QED) is 0.761. The molecule has 18 heavy (non-hydrogen) atoms. The van der Waals surface area contributed by atoms with Gasteiger partial charge in [0.15, 0.2) is 5.16 Å². The predicted octanol–water partition coefficient (Wildman–Crippen LogP) is 0.0913. The van der Waals surface area contributed by atoms with Crippen LogP contribution in [0.15, 0.2) is 14.7 Å². The summed E-state index contributed by atoms with van der Waals surface area (Å²) in [6, 6.07) is 0.438. The third kappa shape index (κ3) is 2.84. The molecule has 2 rings (SSSR count). The second-order valence-electron chi connectivity index (χ2n) is 4.54. The fraction of sp³-hybridized carbons (Fsp3) is 0.727. The fourth-order valence-corrected chi connectivity index (χ4v) is 3.60. The van der Waals surface area contributed by atoms with Gasteiger partial charge in [-0.3, -0.25) is 19.4 Å². The maximum Gasteiger partial charge on any atom is 0.339 e. The van der Waals surface area contributed by atoms with E-state index < -0.39 is 11.1 Å². The number of hydrogen-bond donors (Lipinski definition) is 2. The zero-order chi connectivity index (χ0) is 13.1. The van der Waals surface area contributed by atoms with Crippen molar-refractivity contribution in [2.45, 2.75) is 42.1 Å². The lowest BCUT2D eigenvalue weighted by Gasteiger charge is -2.30. The summed E-state index contributed by atoms with van der Waals surface area (Å²) in [7, 11) is 3.66. The number of nitrogens with one attached hydrogen (secondary N) is 2. The number of aromatic amines is 1. The molecule has 0 aromatic carbocycles. The maximum atomic E-state index is 11.3. The van der Waals surface area contributed by atoms with Crippen molar-refractivity contribution in [3.05, 3.63) is 20.7 Å². The van der Waals surface area contributed by atoms with E-state index in [4.69, 9.17) is 0 Å². The second kappa shape index (κ2) is 5.71. The van der Waals surface area contributed by atoms with Gasteiger partial charge in [0.1, 0.15) is 0 Å². The first kappa shape index (κ1) is 13.4. The largest absolute Gasteiger partial charge is 0.339 e. The van der Waals surface area contributed by atoms with Gasteiger partial charge in [-0.15, -0.1) is 0 Å². The van der Waals surface area contributed by atoms with E-state index in [2.05, 4.69) is 15.4 Å². The van der Waals surface area contributed by atoms with Crippen molar-refractivity contribution in [1.29, 1.82) is 0 Å². The van der Waals surface area contributed by atoms with Gasteiger partial charge in [0.25, 0.3) is 0 Å². The molecule has 1 aromatic rings. The molecule has 0 aliphatic heterocycles. The van der Waals surface area contributed by atoms with Crippen LogP contribution in [-0.4, -0.2) is 33.1 Å². The molecule has 0 saturated heterocycles. The van der Waals surface area contributed by atoms with Gasteiger partial charge in [0, 0.05) is 18.3 Å². The molecular formula is C11H18N4O2S. The van der Waals surface area contributed by atoms with Gasteiger partial charge in [-0.05, 0) is 19.9 Å². The summed E-state index contributed by atoms with van der Waals surface area (Å²) < 4.78 is 1.52. The summed E-state index contributed by atoms with van der Waals surface area (Å²) in [6.07, 6.45) is 4.68. The van der Waals surface area contributed by atoms with Crippen molar-refractivity contribution in [3.8, 4) is 0 Å². The van der Waals surface area contributed by atoms with Gasteiger partial charge in [0.05, 0.1) is 0 Å². The van der Waals surface area contributed by atoms with E-state index in [0.717, 1.165) is 12.8 Å². The molecule has 2 atom stereocenters. The molecule has 100 valence electrons. The van der Waals surface area contributed by atoms with Crippen LogP contribution < -0.4 is 16.4 Å². The molecule has 1 aliphatic rings. The standard InChI is InChI=1S/C11H18N4O2S/c1-12-7-5-3-4-6-8(7)18-11-13-9(16)10(17)14-15(11)2/h7-8,12H,3-6H2,1-2H3,(H,14,17). The summed E-state index contributed by atoms with van der Waals surface area (Å²) in [4.78, 5) is 26.3. The SMILES string of the molecule is CNC1CCCCC1Sc1nc(=O)c(=O)[nH]n1C. The number of nitrogens with zero attached hydrogens (tertiary/aromatic N) is 2. The molecule has 1 aliphatic carbocycles. The van der Waals surface area contributed by atoms with Crippen LogP contribution in [0.5, 0.6) is 0 Å². The Balaban J connectivity index is 2.20. The fourth-order valence-electron chi connectivity index (χ4n) is 2.27. The van der Waals surface area contributed by atoms with E-state index in [1.807, 2.05) is 7.05 Å². The minimum atomic E-state index is -0.715. The van der Waals surface area contributed by atoms with Crippen molar-refractivity contribution in [2.75, 3.05) is 7.05 Å². The third-order valence-corrected chi connectivity index (χ3v) is 4.72. The average Bonchev–Trinajstić information content (AvgIpc) is 2.36. The van der Waals surface area contributed by atoms with Gasteiger partial charge in [0.2, 0.25) is 0 Å². The first-order valence-corrected chi connectivity index (χ1v) is 7.01. The Bertz CT molecular complexity index is 525. The van der Waals surface area contributed by atoms with E-state index >= 15 is 0 Å². The Morgan fingerprint density at radius 2 is 2.11 bits per heavy atom. The molecule has 1 saturated carbocycles. The number of hydrogen-bond acceptors (Lipinski definition) is 5. The molecule has 0 bridgehead atoms. The molecule has 1 heterocycles. The highest BCUT2D eigenvalue weighted by atomic mass is 32.2. The summed E-state index contributed by atoms with van der Waals surface area (Å²) in [6.45, 7) is 0. The molecule has 2 unspecified atom stereocenters. The monoisotopic (exact) mass is 270 g/mol. The summed E-state index contributed by atoms with van der Waals surface area (Å²) >= 11 is 1.57. The maximum absolute atomic E-state index is 11.3. The molecule has 2 N–H and O–H groups in total. The first-order valence-electron chi connectivity index (χ1n) is 6.13. The van der Waals surface area contributed by atoms with Crippen molar-refractivity contribution in [1.82, 2.24) is 20.1 Å². The Morgan fingerprint density at radius 1 is 1.39 bits per heavy atom.